The van der Waals surface area contributed by atoms with E-state index in [1.54, 1.807) is 11.3 Å². The highest BCUT2D eigenvalue weighted by Crippen LogP contribution is 2.16. The molecule has 0 radical (unpaired) electrons. The molecule has 0 aliphatic rings. The summed E-state index contributed by atoms with van der Waals surface area (Å²) in [4.78, 5) is 0.961. The number of nitrogens with zero attached hydrogens (tertiary/aromatic N) is 3. The summed E-state index contributed by atoms with van der Waals surface area (Å²) in [6.45, 7) is 0. The highest BCUT2D eigenvalue weighted by Gasteiger charge is 2.04. The van der Waals surface area contributed by atoms with Gasteiger partial charge in [-0.05, 0) is 35.7 Å². The lowest BCUT2D eigenvalue weighted by atomic mass is 10.3. The zero-order valence-electron chi connectivity index (χ0n) is 11.8. The van der Waals surface area contributed by atoms with Gasteiger partial charge >= 0.3 is 0 Å². The fourth-order valence-electron chi connectivity index (χ4n) is 1.76. The van der Waals surface area contributed by atoms with Crippen LogP contribution in [-0.4, -0.2) is 5.84 Å². The molecule has 3 aromatic rings. The fourth-order valence-corrected chi connectivity index (χ4v) is 2.42. The van der Waals surface area contributed by atoms with Gasteiger partial charge in [-0.2, -0.15) is 5.10 Å². The van der Waals surface area contributed by atoms with Crippen LogP contribution in [0.3, 0.4) is 0 Å². The lowest BCUT2D eigenvalue weighted by molar-refractivity contribution is 1.23. The Bertz CT molecular complexity index is 750. The molecular weight excluding hydrogens is 292 g/mol. The summed E-state index contributed by atoms with van der Waals surface area (Å²) < 4.78 is 0. The summed E-state index contributed by atoms with van der Waals surface area (Å²) in [5.74, 6) is 0.558. The maximum Gasteiger partial charge on any atom is 0.211 e. The van der Waals surface area contributed by atoms with Gasteiger partial charge in [0.05, 0.1) is 16.3 Å². The quantitative estimate of drug-likeness (QED) is 0.302. The average molecular weight is 306 g/mol. The van der Waals surface area contributed by atoms with Crippen molar-refractivity contribution < 1.29 is 0 Å². The third kappa shape index (κ3) is 3.86. The largest absolute Gasteiger partial charge is 0.276 e. The van der Waals surface area contributed by atoms with Crippen molar-refractivity contribution >= 4 is 28.5 Å². The van der Waals surface area contributed by atoms with Crippen molar-refractivity contribution in [1.29, 1.82) is 0 Å². The number of nitrogens with one attached hydrogen (secondary N) is 1. The number of amidine groups is 1. The second kappa shape index (κ2) is 7.28. The van der Waals surface area contributed by atoms with Crippen molar-refractivity contribution in [3.8, 4) is 0 Å². The van der Waals surface area contributed by atoms with Gasteiger partial charge in [-0.15, -0.1) is 21.6 Å². The number of hydrazone groups is 1. The summed E-state index contributed by atoms with van der Waals surface area (Å²) >= 11 is 1.58. The minimum Gasteiger partial charge on any atom is -0.276 e. The van der Waals surface area contributed by atoms with Gasteiger partial charge in [-0.25, -0.2) is 0 Å². The number of para-hydroxylation sites is 1. The van der Waals surface area contributed by atoms with Gasteiger partial charge in [0.2, 0.25) is 5.84 Å². The fraction of sp³-hybridized carbons (Fsp3) is 0. The molecule has 0 unspecified atom stereocenters. The van der Waals surface area contributed by atoms with Crippen LogP contribution in [0.15, 0.2) is 93.5 Å². The summed E-state index contributed by atoms with van der Waals surface area (Å²) in [5, 5.41) is 14.9. The molecule has 0 saturated carbocycles. The van der Waals surface area contributed by atoms with E-state index in [4.69, 9.17) is 0 Å². The molecule has 5 heteroatoms. The molecule has 0 aliphatic heterocycles. The molecule has 0 atom stereocenters. The molecule has 0 bridgehead atoms. The van der Waals surface area contributed by atoms with Crippen molar-refractivity contribution in [1.82, 2.24) is 0 Å². The second-order valence-corrected chi connectivity index (χ2v) is 5.37. The minimum atomic E-state index is 0.558. The average Bonchev–Trinajstić information content (AvgIpc) is 3.11. The van der Waals surface area contributed by atoms with E-state index in [1.165, 1.54) is 0 Å². The van der Waals surface area contributed by atoms with Gasteiger partial charge in [0.25, 0.3) is 0 Å². The Morgan fingerprint density at radius 3 is 2.23 bits per heavy atom. The van der Waals surface area contributed by atoms with Crippen LogP contribution in [0.4, 0.5) is 11.4 Å². The first-order chi connectivity index (χ1) is 10.9. The number of rotatable bonds is 4. The number of anilines is 1. The number of hydrogen-bond donors (Lipinski definition) is 1. The molecule has 0 aliphatic carbocycles. The maximum absolute atomic E-state index is 4.37. The van der Waals surface area contributed by atoms with Crippen LogP contribution in [0.2, 0.25) is 0 Å². The summed E-state index contributed by atoms with van der Waals surface area (Å²) in [5.41, 5.74) is 4.72. The molecule has 1 N–H and O–H groups in total. The SMILES string of the molecule is c1ccc(N=N/C(=N/Nc2ccccc2)c2cccs2)cc1. The Morgan fingerprint density at radius 2 is 1.55 bits per heavy atom. The number of hydrogen-bond acceptors (Lipinski definition) is 4. The molecule has 0 spiro atoms. The van der Waals surface area contributed by atoms with Crippen LogP contribution < -0.4 is 5.43 Å². The Hall–Kier alpha value is -2.79. The van der Waals surface area contributed by atoms with Crippen molar-refractivity contribution in [2.45, 2.75) is 0 Å². The molecule has 1 heterocycles. The first-order valence-electron chi connectivity index (χ1n) is 6.81. The summed E-state index contributed by atoms with van der Waals surface area (Å²) in [6.07, 6.45) is 0. The summed E-state index contributed by atoms with van der Waals surface area (Å²) in [6, 6.07) is 23.3. The Labute approximate surface area is 132 Å². The zero-order valence-corrected chi connectivity index (χ0v) is 12.6. The van der Waals surface area contributed by atoms with E-state index in [2.05, 4.69) is 20.8 Å². The highest BCUT2D eigenvalue weighted by atomic mass is 32.1. The standard InChI is InChI=1S/C17H14N4S/c1-3-8-14(9-4-1)18-20-17(16-12-7-13-22-16)21-19-15-10-5-2-6-11-15/h1-13,18H/b20-17+,21-19?. The van der Waals surface area contributed by atoms with Gasteiger partial charge in [0, 0.05) is 0 Å². The van der Waals surface area contributed by atoms with Crippen molar-refractivity contribution in [3.05, 3.63) is 83.1 Å². The van der Waals surface area contributed by atoms with E-state index in [9.17, 15) is 0 Å². The van der Waals surface area contributed by atoms with Crippen LogP contribution in [-0.2, 0) is 0 Å². The molecule has 22 heavy (non-hydrogen) atoms. The minimum absolute atomic E-state index is 0.558. The number of benzene rings is 2. The van der Waals surface area contributed by atoms with Crippen molar-refractivity contribution in [3.63, 3.8) is 0 Å². The molecule has 1 aromatic heterocycles. The third-order valence-electron chi connectivity index (χ3n) is 2.82. The zero-order chi connectivity index (χ0) is 15.0. The molecule has 0 saturated heterocycles. The predicted octanol–water partition coefficient (Wildman–Crippen LogP) is 5.31. The molecule has 2 aromatic carbocycles. The van der Waals surface area contributed by atoms with E-state index in [-0.39, 0.29) is 0 Å². The highest BCUT2D eigenvalue weighted by molar-refractivity contribution is 7.12. The number of thiophene rings is 1. The van der Waals surface area contributed by atoms with Gasteiger partial charge in [0.15, 0.2) is 0 Å². The Morgan fingerprint density at radius 1 is 0.818 bits per heavy atom. The van der Waals surface area contributed by atoms with E-state index in [1.807, 2.05) is 78.2 Å². The molecule has 108 valence electrons. The van der Waals surface area contributed by atoms with E-state index in [0.717, 1.165) is 16.3 Å². The first kappa shape index (κ1) is 14.2. The van der Waals surface area contributed by atoms with Crippen LogP contribution >= 0.6 is 11.3 Å². The van der Waals surface area contributed by atoms with Gasteiger partial charge < -0.3 is 0 Å². The Kier molecular flexibility index (Phi) is 4.69. The van der Waals surface area contributed by atoms with E-state index >= 15 is 0 Å². The molecule has 0 amide bonds. The lowest BCUT2D eigenvalue weighted by Crippen LogP contribution is -1.98. The smallest absolute Gasteiger partial charge is 0.211 e. The van der Waals surface area contributed by atoms with Gasteiger partial charge in [-0.1, -0.05) is 42.5 Å². The normalized spacial score (nSPS) is 11.7. The van der Waals surface area contributed by atoms with Gasteiger partial charge in [0.1, 0.15) is 0 Å². The monoisotopic (exact) mass is 306 g/mol. The lowest BCUT2D eigenvalue weighted by Gasteiger charge is -2.01. The molecule has 4 nitrogen and oxygen atoms in total. The van der Waals surface area contributed by atoms with Crippen LogP contribution in [0.1, 0.15) is 4.88 Å². The summed E-state index contributed by atoms with van der Waals surface area (Å²) in [7, 11) is 0. The number of azo groups is 1. The van der Waals surface area contributed by atoms with Crippen LogP contribution in [0.25, 0.3) is 0 Å². The Balaban J connectivity index is 1.83. The van der Waals surface area contributed by atoms with Crippen LogP contribution in [0.5, 0.6) is 0 Å². The third-order valence-corrected chi connectivity index (χ3v) is 3.69. The van der Waals surface area contributed by atoms with Gasteiger partial charge in [-0.3, -0.25) is 5.43 Å². The molecular formula is C17H14N4S. The van der Waals surface area contributed by atoms with E-state index < -0.39 is 0 Å². The van der Waals surface area contributed by atoms with Crippen molar-refractivity contribution in [2.24, 2.45) is 15.3 Å². The first-order valence-corrected chi connectivity index (χ1v) is 7.69. The molecule has 0 fully saturated rings. The predicted molar refractivity (Wildman–Crippen MR) is 91.9 cm³/mol. The molecule has 3 rings (SSSR count). The van der Waals surface area contributed by atoms with Crippen LogP contribution in [0, 0.1) is 0 Å². The second-order valence-electron chi connectivity index (χ2n) is 4.43. The topological polar surface area (TPSA) is 49.1 Å². The van der Waals surface area contributed by atoms with E-state index in [0.29, 0.717) is 5.84 Å². The van der Waals surface area contributed by atoms with Crippen molar-refractivity contribution in [2.75, 3.05) is 5.43 Å². The maximum atomic E-state index is 4.37.